The Bertz CT molecular complexity index is 233. The van der Waals surface area contributed by atoms with Crippen molar-refractivity contribution in [3.63, 3.8) is 0 Å². The van der Waals surface area contributed by atoms with Gasteiger partial charge in [0.05, 0.1) is 45.9 Å². The molecule has 16 heavy (non-hydrogen) atoms. The van der Waals surface area contributed by atoms with Crippen molar-refractivity contribution >= 4 is 6.03 Å². The van der Waals surface area contributed by atoms with E-state index in [2.05, 4.69) is 6.92 Å². The van der Waals surface area contributed by atoms with Crippen LogP contribution in [0.25, 0.3) is 0 Å². The van der Waals surface area contributed by atoms with Crippen molar-refractivity contribution in [3.05, 3.63) is 0 Å². The van der Waals surface area contributed by atoms with Gasteiger partial charge in [-0.1, -0.05) is 0 Å². The van der Waals surface area contributed by atoms with Crippen molar-refractivity contribution in [1.82, 2.24) is 9.80 Å². The molecule has 5 heteroatoms. The van der Waals surface area contributed by atoms with E-state index < -0.39 is 0 Å². The molecule has 0 aromatic heterocycles. The maximum atomic E-state index is 12.1. The summed E-state index contributed by atoms with van der Waals surface area (Å²) in [6.45, 7) is 10.2. The van der Waals surface area contributed by atoms with Crippen LogP contribution in [0.2, 0.25) is 0 Å². The molecule has 0 radical (unpaired) electrons. The molecular weight excluding hydrogens is 206 g/mol. The first-order valence-electron chi connectivity index (χ1n) is 6.26. The monoisotopic (exact) mass is 228 g/mol. The fourth-order valence-corrected chi connectivity index (χ4v) is 2.32. The van der Waals surface area contributed by atoms with E-state index in [1.165, 1.54) is 6.54 Å². The third kappa shape index (κ3) is 2.65. The van der Waals surface area contributed by atoms with Crippen molar-refractivity contribution in [2.24, 2.45) is 0 Å². The van der Waals surface area contributed by atoms with E-state index >= 15 is 0 Å². The summed E-state index contributed by atoms with van der Waals surface area (Å²) in [6, 6.07) is 0.207. The number of nitrogens with zero attached hydrogens (tertiary/aromatic N) is 2. The molecule has 0 saturated carbocycles. The molecule has 2 fully saturated rings. The van der Waals surface area contributed by atoms with Gasteiger partial charge in [0.15, 0.2) is 0 Å². The predicted octanol–water partition coefficient (Wildman–Crippen LogP) is -1.34. The van der Waals surface area contributed by atoms with Crippen molar-refractivity contribution in [2.45, 2.75) is 6.92 Å². The number of rotatable bonds is 1. The van der Waals surface area contributed by atoms with Gasteiger partial charge in [-0.15, -0.1) is 0 Å². The summed E-state index contributed by atoms with van der Waals surface area (Å²) >= 11 is 0. The molecular formula is C11H22N3O2+. The second-order valence-electron chi connectivity index (χ2n) is 4.47. The highest BCUT2D eigenvalue weighted by Crippen LogP contribution is 2.03. The quantitative estimate of drug-likeness (QED) is 0.603. The Morgan fingerprint density at radius 1 is 1.12 bits per heavy atom. The van der Waals surface area contributed by atoms with Crippen LogP contribution in [-0.4, -0.2) is 74.9 Å². The standard InChI is InChI=1S/C11H21N3O2/c1-2-12-3-5-13(6-4-12)11(15)14-7-9-16-10-8-14/h2-10H2,1H3/p+1. The summed E-state index contributed by atoms with van der Waals surface area (Å²) in [5.41, 5.74) is 0. The molecule has 0 aromatic rings. The number of amides is 2. The number of hydrogen-bond acceptors (Lipinski definition) is 2. The number of carbonyl (C=O) groups is 1. The highest BCUT2D eigenvalue weighted by molar-refractivity contribution is 5.74. The largest absolute Gasteiger partial charge is 0.378 e. The molecule has 0 unspecified atom stereocenters. The number of piperazine rings is 1. The Morgan fingerprint density at radius 2 is 1.69 bits per heavy atom. The SMILES string of the molecule is CC[NH+]1CCN(C(=O)N2CCOCC2)CC1. The predicted molar refractivity (Wildman–Crippen MR) is 60.6 cm³/mol. The van der Waals surface area contributed by atoms with Gasteiger partial charge in [-0.2, -0.15) is 0 Å². The van der Waals surface area contributed by atoms with Crippen LogP contribution >= 0.6 is 0 Å². The van der Waals surface area contributed by atoms with Crippen LogP contribution in [0.15, 0.2) is 0 Å². The van der Waals surface area contributed by atoms with Gasteiger partial charge in [0, 0.05) is 13.1 Å². The third-order valence-electron chi connectivity index (χ3n) is 3.52. The molecule has 2 aliphatic heterocycles. The zero-order valence-electron chi connectivity index (χ0n) is 10.1. The molecule has 92 valence electrons. The number of hydrogen-bond donors (Lipinski definition) is 1. The lowest BCUT2D eigenvalue weighted by Gasteiger charge is -2.36. The molecule has 5 nitrogen and oxygen atoms in total. The Balaban J connectivity index is 1.81. The first-order valence-corrected chi connectivity index (χ1v) is 6.26. The molecule has 0 aliphatic carbocycles. The minimum Gasteiger partial charge on any atom is -0.378 e. The van der Waals surface area contributed by atoms with E-state index in [0.717, 1.165) is 39.3 Å². The van der Waals surface area contributed by atoms with Gasteiger partial charge in [-0.25, -0.2) is 4.79 Å². The maximum absolute atomic E-state index is 12.1. The normalized spacial score (nSPS) is 23.6. The van der Waals surface area contributed by atoms with Gasteiger partial charge in [0.2, 0.25) is 0 Å². The van der Waals surface area contributed by atoms with Crippen LogP contribution < -0.4 is 4.90 Å². The topological polar surface area (TPSA) is 37.2 Å². The van der Waals surface area contributed by atoms with E-state index in [1.807, 2.05) is 9.80 Å². The third-order valence-corrected chi connectivity index (χ3v) is 3.52. The summed E-state index contributed by atoms with van der Waals surface area (Å²) in [4.78, 5) is 17.6. The summed E-state index contributed by atoms with van der Waals surface area (Å²) in [6.07, 6.45) is 0. The number of morpholine rings is 1. The van der Waals surface area contributed by atoms with Gasteiger partial charge in [0.1, 0.15) is 0 Å². The van der Waals surface area contributed by atoms with Crippen LogP contribution in [0.5, 0.6) is 0 Å². The number of nitrogens with one attached hydrogen (secondary N) is 1. The fraction of sp³-hybridized carbons (Fsp3) is 0.909. The zero-order valence-corrected chi connectivity index (χ0v) is 10.1. The van der Waals surface area contributed by atoms with Crippen LogP contribution in [0.3, 0.4) is 0 Å². The van der Waals surface area contributed by atoms with Crippen LogP contribution in [-0.2, 0) is 4.74 Å². The zero-order chi connectivity index (χ0) is 11.4. The Kier molecular flexibility index (Phi) is 4.01. The summed E-state index contributed by atoms with van der Waals surface area (Å²) in [7, 11) is 0. The first-order chi connectivity index (χ1) is 7.81. The van der Waals surface area contributed by atoms with Crippen LogP contribution in [0, 0.1) is 0 Å². The lowest BCUT2D eigenvalue weighted by molar-refractivity contribution is -0.902. The molecule has 2 aliphatic rings. The van der Waals surface area contributed by atoms with E-state index in [-0.39, 0.29) is 6.03 Å². The molecule has 2 heterocycles. The average molecular weight is 228 g/mol. The Morgan fingerprint density at radius 3 is 2.25 bits per heavy atom. The first kappa shape index (κ1) is 11.7. The average Bonchev–Trinajstić information content (AvgIpc) is 2.39. The second-order valence-corrected chi connectivity index (χ2v) is 4.47. The van der Waals surface area contributed by atoms with Gasteiger partial charge in [0.25, 0.3) is 0 Å². The number of quaternary nitrogens is 1. The van der Waals surface area contributed by atoms with Gasteiger partial charge in [-0.3, -0.25) is 0 Å². The highest BCUT2D eigenvalue weighted by Gasteiger charge is 2.27. The molecule has 0 bridgehead atoms. The number of likely N-dealkylation sites (N-methyl/N-ethyl adjacent to an activating group) is 1. The smallest absolute Gasteiger partial charge is 0.320 e. The lowest BCUT2D eigenvalue weighted by Crippen LogP contribution is -3.14. The highest BCUT2D eigenvalue weighted by atomic mass is 16.5. The minimum atomic E-state index is 0.207. The summed E-state index contributed by atoms with van der Waals surface area (Å²) in [5.74, 6) is 0. The van der Waals surface area contributed by atoms with Crippen molar-refractivity contribution in [3.8, 4) is 0 Å². The molecule has 2 saturated heterocycles. The maximum Gasteiger partial charge on any atom is 0.320 e. The van der Waals surface area contributed by atoms with Crippen LogP contribution in [0.4, 0.5) is 4.79 Å². The molecule has 2 rings (SSSR count). The van der Waals surface area contributed by atoms with Gasteiger partial charge >= 0.3 is 6.03 Å². The number of urea groups is 1. The fourth-order valence-electron chi connectivity index (χ4n) is 2.32. The van der Waals surface area contributed by atoms with Gasteiger partial charge in [-0.05, 0) is 6.92 Å². The molecule has 1 N–H and O–H groups in total. The van der Waals surface area contributed by atoms with Crippen molar-refractivity contribution < 1.29 is 14.4 Å². The number of carbonyl (C=O) groups excluding carboxylic acids is 1. The van der Waals surface area contributed by atoms with Crippen molar-refractivity contribution in [2.75, 3.05) is 59.0 Å². The van der Waals surface area contributed by atoms with Crippen molar-refractivity contribution in [1.29, 1.82) is 0 Å². The minimum absolute atomic E-state index is 0.207. The summed E-state index contributed by atoms with van der Waals surface area (Å²) in [5, 5.41) is 0. The van der Waals surface area contributed by atoms with E-state index in [9.17, 15) is 4.79 Å². The molecule has 0 spiro atoms. The molecule has 2 amide bonds. The molecule has 0 aromatic carbocycles. The van der Waals surface area contributed by atoms with Crippen LogP contribution in [0.1, 0.15) is 6.92 Å². The number of ether oxygens (including phenoxy) is 1. The van der Waals surface area contributed by atoms with E-state index in [4.69, 9.17) is 4.74 Å². The van der Waals surface area contributed by atoms with E-state index in [0.29, 0.717) is 13.2 Å². The Labute approximate surface area is 96.9 Å². The van der Waals surface area contributed by atoms with E-state index in [1.54, 1.807) is 4.90 Å². The summed E-state index contributed by atoms with van der Waals surface area (Å²) < 4.78 is 5.26. The second kappa shape index (κ2) is 5.50. The molecule has 0 atom stereocenters. The lowest BCUT2D eigenvalue weighted by atomic mass is 10.3. The van der Waals surface area contributed by atoms with Gasteiger partial charge < -0.3 is 19.4 Å². The Hall–Kier alpha value is -0.810.